The molecule has 1 aliphatic rings. The van der Waals surface area contributed by atoms with Gasteiger partial charge in [0.05, 0.1) is 0 Å². The van der Waals surface area contributed by atoms with E-state index in [-0.39, 0.29) is 0 Å². The van der Waals surface area contributed by atoms with Crippen molar-refractivity contribution in [3.8, 4) is 0 Å². The highest BCUT2D eigenvalue weighted by Crippen LogP contribution is 2.05. The third kappa shape index (κ3) is 1.89. The zero-order valence-electron chi connectivity index (χ0n) is 7.96. The van der Waals surface area contributed by atoms with Crippen LogP contribution in [0.2, 0.25) is 0 Å². The lowest BCUT2D eigenvalue weighted by Gasteiger charge is -1.99. The van der Waals surface area contributed by atoms with E-state index in [0.717, 1.165) is 6.42 Å². The van der Waals surface area contributed by atoms with Crippen LogP contribution in [0, 0.1) is 0 Å². The summed E-state index contributed by atoms with van der Waals surface area (Å²) in [6, 6.07) is 8.54. The number of hydrogen-bond acceptors (Lipinski definition) is 0. The van der Waals surface area contributed by atoms with Crippen molar-refractivity contribution in [3.63, 3.8) is 0 Å². The summed E-state index contributed by atoms with van der Waals surface area (Å²) < 4.78 is 0. The van der Waals surface area contributed by atoms with Crippen LogP contribution in [0.15, 0.2) is 35.9 Å². The van der Waals surface area contributed by atoms with E-state index >= 15 is 0 Å². The lowest BCUT2D eigenvalue weighted by molar-refractivity contribution is 1.01. The summed E-state index contributed by atoms with van der Waals surface area (Å²) in [6.07, 6.45) is 9.10. The SMILES string of the molecule is C/C1=C/C=c2/cccc/c2=C/CC1. The minimum absolute atomic E-state index is 1.16. The average Bonchev–Trinajstić information content (AvgIpc) is 2.13. The molecule has 0 nitrogen and oxygen atoms in total. The van der Waals surface area contributed by atoms with Crippen molar-refractivity contribution in [2.24, 2.45) is 0 Å². The normalized spacial score (nSPS) is 24.8. The second kappa shape index (κ2) is 3.61. The third-order valence-electron chi connectivity index (χ3n) is 2.45. The van der Waals surface area contributed by atoms with Crippen molar-refractivity contribution >= 4 is 12.2 Å². The van der Waals surface area contributed by atoms with Crippen molar-refractivity contribution in [2.75, 3.05) is 0 Å². The molecule has 66 valence electrons. The average molecular weight is 170 g/mol. The van der Waals surface area contributed by atoms with Crippen LogP contribution in [0.3, 0.4) is 0 Å². The molecular weight excluding hydrogens is 156 g/mol. The van der Waals surface area contributed by atoms with Crippen LogP contribution in [-0.2, 0) is 0 Å². The van der Waals surface area contributed by atoms with Gasteiger partial charge >= 0.3 is 0 Å². The number of allylic oxidation sites excluding steroid dienone is 2. The highest BCUT2D eigenvalue weighted by atomic mass is 14.0. The van der Waals surface area contributed by atoms with E-state index in [1.807, 2.05) is 0 Å². The Bertz CT molecular complexity index is 435. The monoisotopic (exact) mass is 170 g/mol. The van der Waals surface area contributed by atoms with Crippen LogP contribution in [0.25, 0.3) is 12.2 Å². The van der Waals surface area contributed by atoms with Crippen molar-refractivity contribution in [1.29, 1.82) is 0 Å². The summed E-state index contributed by atoms with van der Waals surface area (Å²) in [5.41, 5.74) is 1.46. The molecule has 0 aliphatic heterocycles. The van der Waals surface area contributed by atoms with Crippen LogP contribution in [0.4, 0.5) is 0 Å². The molecule has 1 aromatic carbocycles. The van der Waals surface area contributed by atoms with Crippen LogP contribution in [-0.4, -0.2) is 0 Å². The standard InChI is InChI=1S/C13H14/c1-11-5-4-8-12-6-2-3-7-13(12)10-9-11/h2-3,6-10H,4-5H2,1H3/b11-9-,12-8-,13-10-. The summed E-state index contributed by atoms with van der Waals surface area (Å²) in [5.74, 6) is 0. The van der Waals surface area contributed by atoms with E-state index < -0.39 is 0 Å². The number of fused-ring (bicyclic) bond motifs is 1. The van der Waals surface area contributed by atoms with Gasteiger partial charge in [0.1, 0.15) is 0 Å². The van der Waals surface area contributed by atoms with Gasteiger partial charge < -0.3 is 0 Å². The highest BCUT2D eigenvalue weighted by Gasteiger charge is 1.91. The molecule has 0 amide bonds. The Kier molecular flexibility index (Phi) is 2.31. The van der Waals surface area contributed by atoms with Gasteiger partial charge in [-0.1, -0.05) is 48.1 Å². The highest BCUT2D eigenvalue weighted by molar-refractivity contribution is 5.43. The smallest absolute Gasteiger partial charge is 0.0187 e. The molecular formula is C13H14. The minimum atomic E-state index is 1.16. The van der Waals surface area contributed by atoms with Gasteiger partial charge in [-0.05, 0) is 30.2 Å². The van der Waals surface area contributed by atoms with Gasteiger partial charge in [-0.15, -0.1) is 0 Å². The Morgan fingerprint density at radius 1 is 1.00 bits per heavy atom. The Balaban J connectivity index is 2.66. The van der Waals surface area contributed by atoms with Gasteiger partial charge in [0.15, 0.2) is 0 Å². The van der Waals surface area contributed by atoms with E-state index in [1.165, 1.54) is 22.4 Å². The molecule has 1 aromatic rings. The van der Waals surface area contributed by atoms with E-state index in [0.29, 0.717) is 0 Å². The molecule has 0 saturated carbocycles. The van der Waals surface area contributed by atoms with E-state index in [2.05, 4.69) is 49.4 Å². The van der Waals surface area contributed by atoms with Gasteiger partial charge in [0, 0.05) is 0 Å². The van der Waals surface area contributed by atoms with Crippen LogP contribution < -0.4 is 10.4 Å². The van der Waals surface area contributed by atoms with E-state index in [4.69, 9.17) is 0 Å². The predicted molar refractivity (Wildman–Crippen MR) is 57.6 cm³/mol. The number of rotatable bonds is 0. The largest absolute Gasteiger partial charge is 0.0763 e. The molecule has 0 bridgehead atoms. The molecule has 0 atom stereocenters. The van der Waals surface area contributed by atoms with Crippen molar-refractivity contribution in [2.45, 2.75) is 19.8 Å². The maximum Gasteiger partial charge on any atom is -0.0187 e. The maximum atomic E-state index is 2.32. The summed E-state index contributed by atoms with van der Waals surface area (Å²) in [5, 5.41) is 2.70. The molecule has 0 unspecified atom stereocenters. The van der Waals surface area contributed by atoms with Gasteiger partial charge in [-0.25, -0.2) is 0 Å². The Labute approximate surface area is 78.9 Å². The molecule has 0 heteroatoms. The predicted octanol–water partition coefficient (Wildman–Crippen LogP) is 1.99. The Morgan fingerprint density at radius 3 is 2.62 bits per heavy atom. The molecule has 13 heavy (non-hydrogen) atoms. The third-order valence-corrected chi connectivity index (χ3v) is 2.45. The molecule has 0 N–H and O–H groups in total. The fourth-order valence-corrected chi connectivity index (χ4v) is 1.62. The van der Waals surface area contributed by atoms with Gasteiger partial charge in [0.25, 0.3) is 0 Å². The number of benzene rings is 1. The molecule has 0 fully saturated rings. The first-order chi connectivity index (χ1) is 6.36. The second-order valence-electron chi connectivity index (χ2n) is 3.55. The maximum absolute atomic E-state index is 2.32. The zero-order valence-corrected chi connectivity index (χ0v) is 7.96. The molecule has 2 rings (SSSR count). The Morgan fingerprint density at radius 2 is 1.77 bits per heavy atom. The van der Waals surface area contributed by atoms with Gasteiger partial charge in [0.2, 0.25) is 0 Å². The first kappa shape index (κ1) is 8.31. The number of hydrogen-bond donors (Lipinski definition) is 0. The topological polar surface area (TPSA) is 0 Å². The lowest BCUT2D eigenvalue weighted by atomic mass is 10.1. The molecule has 0 spiro atoms. The van der Waals surface area contributed by atoms with Crippen LogP contribution >= 0.6 is 0 Å². The van der Waals surface area contributed by atoms with E-state index in [1.54, 1.807) is 0 Å². The van der Waals surface area contributed by atoms with Crippen LogP contribution in [0.1, 0.15) is 19.8 Å². The molecule has 0 saturated heterocycles. The zero-order chi connectivity index (χ0) is 9.10. The minimum Gasteiger partial charge on any atom is -0.0763 e. The van der Waals surface area contributed by atoms with Crippen molar-refractivity contribution < 1.29 is 0 Å². The molecule has 1 aliphatic carbocycles. The molecule has 0 heterocycles. The second-order valence-corrected chi connectivity index (χ2v) is 3.55. The lowest BCUT2D eigenvalue weighted by Crippen LogP contribution is -2.23. The summed E-state index contributed by atoms with van der Waals surface area (Å²) in [6.45, 7) is 2.19. The Hall–Kier alpha value is -1.30. The van der Waals surface area contributed by atoms with Crippen molar-refractivity contribution in [3.05, 3.63) is 46.4 Å². The fourth-order valence-electron chi connectivity index (χ4n) is 1.62. The summed E-state index contributed by atoms with van der Waals surface area (Å²) in [4.78, 5) is 0. The first-order valence-electron chi connectivity index (χ1n) is 4.79. The fraction of sp³-hybridized carbons (Fsp3) is 0.231. The van der Waals surface area contributed by atoms with Gasteiger partial charge in [-0.2, -0.15) is 0 Å². The summed E-state index contributed by atoms with van der Waals surface area (Å²) in [7, 11) is 0. The van der Waals surface area contributed by atoms with Gasteiger partial charge in [-0.3, -0.25) is 0 Å². The molecule has 0 radical (unpaired) electrons. The summed E-state index contributed by atoms with van der Waals surface area (Å²) >= 11 is 0. The van der Waals surface area contributed by atoms with Crippen LogP contribution in [0.5, 0.6) is 0 Å². The van der Waals surface area contributed by atoms with Crippen molar-refractivity contribution in [1.82, 2.24) is 0 Å². The quantitative estimate of drug-likeness (QED) is 0.558. The molecule has 0 aromatic heterocycles. The first-order valence-corrected chi connectivity index (χ1v) is 4.79. The van der Waals surface area contributed by atoms with E-state index in [9.17, 15) is 0 Å².